The molecule has 4 aliphatic carbocycles. The molecule has 0 radical (unpaired) electrons. The van der Waals surface area contributed by atoms with Gasteiger partial charge in [0.05, 0.1) is 12.2 Å². The Kier molecular flexibility index (Phi) is 2.13. The summed E-state index contributed by atoms with van der Waals surface area (Å²) in [6, 6.07) is 0. The maximum atomic E-state index is 5.75. The average molecular weight is 232 g/mol. The third-order valence-corrected chi connectivity index (χ3v) is 5.40. The number of rotatable bonds is 2. The first-order chi connectivity index (χ1) is 8.35. The van der Waals surface area contributed by atoms with Gasteiger partial charge in [0.1, 0.15) is 5.76 Å². The van der Waals surface area contributed by atoms with Gasteiger partial charge in [0.2, 0.25) is 0 Å². The molecule has 4 aliphatic rings. The third-order valence-electron chi connectivity index (χ3n) is 5.40. The second kappa shape index (κ2) is 3.58. The number of hydrogen-bond donors (Lipinski definition) is 1. The molecule has 0 amide bonds. The Balaban J connectivity index is 1.70. The summed E-state index contributed by atoms with van der Waals surface area (Å²) in [7, 11) is 0. The smallest absolute Gasteiger partial charge is 0.181 e. The van der Waals surface area contributed by atoms with Crippen LogP contribution in [0.25, 0.3) is 0 Å². The molecular formula is C14H20N2O. The minimum absolute atomic E-state index is 0.498. The summed E-state index contributed by atoms with van der Waals surface area (Å²) in [5, 5.41) is 0. The molecule has 1 heterocycles. The van der Waals surface area contributed by atoms with Crippen molar-refractivity contribution in [2.45, 2.75) is 44.6 Å². The van der Waals surface area contributed by atoms with Crippen molar-refractivity contribution in [3.05, 3.63) is 17.8 Å². The van der Waals surface area contributed by atoms with Crippen molar-refractivity contribution in [2.24, 2.45) is 29.4 Å². The fraction of sp³-hybridized carbons (Fsp3) is 0.786. The Morgan fingerprint density at radius 1 is 1.12 bits per heavy atom. The highest BCUT2D eigenvalue weighted by Gasteiger charge is 2.49. The molecule has 4 bridgehead atoms. The summed E-state index contributed by atoms with van der Waals surface area (Å²) in [5.74, 6) is 5.34. The maximum absolute atomic E-state index is 5.75. The summed E-state index contributed by atoms with van der Waals surface area (Å²) in [6.45, 7) is 0.498. The minimum Gasteiger partial charge on any atom is -0.447 e. The lowest BCUT2D eigenvalue weighted by molar-refractivity contribution is -0.00455. The SMILES string of the molecule is NCc1ocnc1C1C2CC3CC(C2)CC1C3. The number of aromatic nitrogens is 1. The van der Waals surface area contributed by atoms with E-state index in [1.807, 2.05) is 0 Å². The second-order valence-corrected chi connectivity index (χ2v) is 6.32. The zero-order valence-corrected chi connectivity index (χ0v) is 10.1. The van der Waals surface area contributed by atoms with Crippen molar-refractivity contribution in [1.29, 1.82) is 0 Å². The first-order valence-corrected chi connectivity index (χ1v) is 6.97. The monoisotopic (exact) mass is 232 g/mol. The quantitative estimate of drug-likeness (QED) is 0.853. The van der Waals surface area contributed by atoms with Crippen molar-refractivity contribution in [1.82, 2.24) is 4.98 Å². The Labute approximate surface area is 102 Å². The summed E-state index contributed by atoms with van der Waals surface area (Å²) >= 11 is 0. The van der Waals surface area contributed by atoms with Gasteiger partial charge < -0.3 is 10.2 Å². The zero-order valence-electron chi connectivity index (χ0n) is 10.1. The van der Waals surface area contributed by atoms with Gasteiger partial charge in [-0.2, -0.15) is 0 Å². The van der Waals surface area contributed by atoms with Gasteiger partial charge in [0, 0.05) is 5.92 Å². The highest BCUT2D eigenvalue weighted by molar-refractivity contribution is 5.19. The van der Waals surface area contributed by atoms with Crippen LogP contribution < -0.4 is 5.73 Å². The number of hydrogen-bond acceptors (Lipinski definition) is 3. The molecule has 92 valence electrons. The van der Waals surface area contributed by atoms with E-state index in [0.29, 0.717) is 12.5 Å². The highest BCUT2D eigenvalue weighted by Crippen LogP contribution is 2.59. The van der Waals surface area contributed by atoms with E-state index < -0.39 is 0 Å². The van der Waals surface area contributed by atoms with Crippen LogP contribution in [0.3, 0.4) is 0 Å². The molecule has 5 rings (SSSR count). The van der Waals surface area contributed by atoms with Gasteiger partial charge in [-0.25, -0.2) is 4.98 Å². The van der Waals surface area contributed by atoms with Crippen LogP contribution in [0.5, 0.6) is 0 Å². The maximum Gasteiger partial charge on any atom is 0.181 e. The lowest BCUT2D eigenvalue weighted by atomic mass is 9.51. The lowest BCUT2D eigenvalue weighted by Crippen LogP contribution is -2.44. The van der Waals surface area contributed by atoms with Gasteiger partial charge in [0.15, 0.2) is 6.39 Å². The van der Waals surface area contributed by atoms with Crippen LogP contribution in [0.15, 0.2) is 10.8 Å². The van der Waals surface area contributed by atoms with Gasteiger partial charge in [-0.3, -0.25) is 0 Å². The van der Waals surface area contributed by atoms with E-state index in [1.165, 1.54) is 37.8 Å². The summed E-state index contributed by atoms with van der Waals surface area (Å²) < 4.78 is 5.43. The first kappa shape index (κ1) is 10.1. The molecule has 0 aromatic carbocycles. The molecule has 0 aliphatic heterocycles. The van der Waals surface area contributed by atoms with Crippen molar-refractivity contribution in [3.63, 3.8) is 0 Å². The van der Waals surface area contributed by atoms with Crippen LogP contribution in [-0.4, -0.2) is 4.98 Å². The summed E-state index contributed by atoms with van der Waals surface area (Å²) in [6.07, 6.45) is 8.79. The van der Waals surface area contributed by atoms with E-state index >= 15 is 0 Å². The minimum atomic E-state index is 0.498. The first-order valence-electron chi connectivity index (χ1n) is 6.97. The number of nitrogens with two attached hydrogens (primary N) is 1. The summed E-state index contributed by atoms with van der Waals surface area (Å²) in [4.78, 5) is 4.49. The van der Waals surface area contributed by atoms with Crippen LogP contribution in [0.4, 0.5) is 0 Å². The van der Waals surface area contributed by atoms with Crippen molar-refractivity contribution >= 4 is 0 Å². The van der Waals surface area contributed by atoms with Gasteiger partial charge in [-0.1, -0.05) is 0 Å². The van der Waals surface area contributed by atoms with E-state index in [1.54, 1.807) is 6.39 Å². The Morgan fingerprint density at radius 3 is 2.35 bits per heavy atom. The van der Waals surface area contributed by atoms with E-state index in [-0.39, 0.29) is 0 Å². The molecule has 17 heavy (non-hydrogen) atoms. The molecule has 1 aromatic heterocycles. The molecular weight excluding hydrogens is 212 g/mol. The Morgan fingerprint density at radius 2 is 1.76 bits per heavy atom. The fourth-order valence-electron chi connectivity index (χ4n) is 5.08. The second-order valence-electron chi connectivity index (χ2n) is 6.32. The Bertz CT molecular complexity index is 398. The molecule has 0 unspecified atom stereocenters. The predicted octanol–water partition coefficient (Wildman–Crippen LogP) is 2.67. The fourth-order valence-corrected chi connectivity index (χ4v) is 5.08. The molecule has 4 saturated carbocycles. The standard InChI is InChI=1S/C14H20N2O/c15-6-12-14(16-7-17-12)13-10-2-8-1-9(4-10)5-11(13)3-8/h7-11,13H,1-6,15H2. The zero-order chi connectivity index (χ0) is 11.4. The van der Waals surface area contributed by atoms with E-state index in [2.05, 4.69) is 4.98 Å². The van der Waals surface area contributed by atoms with Crippen LogP contribution >= 0.6 is 0 Å². The van der Waals surface area contributed by atoms with E-state index in [4.69, 9.17) is 10.2 Å². The topological polar surface area (TPSA) is 52.0 Å². The van der Waals surface area contributed by atoms with E-state index in [0.717, 1.165) is 29.4 Å². The molecule has 3 heteroatoms. The van der Waals surface area contributed by atoms with Gasteiger partial charge in [-0.15, -0.1) is 0 Å². The Hall–Kier alpha value is -0.830. The van der Waals surface area contributed by atoms with Gasteiger partial charge >= 0.3 is 0 Å². The molecule has 0 saturated heterocycles. The van der Waals surface area contributed by atoms with E-state index in [9.17, 15) is 0 Å². The normalized spacial score (nSPS) is 43.2. The van der Waals surface area contributed by atoms with Crippen molar-refractivity contribution in [3.8, 4) is 0 Å². The molecule has 1 aromatic rings. The third kappa shape index (κ3) is 1.41. The van der Waals surface area contributed by atoms with Gasteiger partial charge in [0.25, 0.3) is 0 Å². The largest absolute Gasteiger partial charge is 0.447 e. The number of nitrogens with zero attached hydrogens (tertiary/aromatic N) is 1. The molecule has 4 fully saturated rings. The van der Waals surface area contributed by atoms with Crippen LogP contribution in [-0.2, 0) is 6.54 Å². The molecule has 2 N–H and O–H groups in total. The lowest BCUT2D eigenvalue weighted by Gasteiger charge is -2.54. The number of oxazole rings is 1. The van der Waals surface area contributed by atoms with Crippen LogP contribution in [0, 0.1) is 23.7 Å². The van der Waals surface area contributed by atoms with Gasteiger partial charge in [-0.05, 0) is 55.8 Å². The summed E-state index contributed by atoms with van der Waals surface area (Å²) in [5.41, 5.74) is 6.95. The van der Waals surface area contributed by atoms with Crippen molar-refractivity contribution < 1.29 is 4.42 Å². The predicted molar refractivity (Wildman–Crippen MR) is 64.2 cm³/mol. The van der Waals surface area contributed by atoms with Crippen molar-refractivity contribution in [2.75, 3.05) is 0 Å². The molecule has 3 nitrogen and oxygen atoms in total. The average Bonchev–Trinajstić information content (AvgIpc) is 2.75. The van der Waals surface area contributed by atoms with Crippen LogP contribution in [0.1, 0.15) is 49.5 Å². The molecule has 0 atom stereocenters. The van der Waals surface area contributed by atoms with Crippen LogP contribution in [0.2, 0.25) is 0 Å². The molecule has 0 spiro atoms. The highest BCUT2D eigenvalue weighted by atomic mass is 16.3.